The van der Waals surface area contributed by atoms with Crippen molar-refractivity contribution in [1.82, 2.24) is 5.43 Å². The van der Waals surface area contributed by atoms with E-state index in [9.17, 15) is 9.59 Å². The highest BCUT2D eigenvalue weighted by Gasteiger charge is 2.08. The van der Waals surface area contributed by atoms with E-state index in [1.807, 2.05) is 0 Å². The van der Waals surface area contributed by atoms with Gasteiger partial charge in [-0.1, -0.05) is 35.9 Å². The van der Waals surface area contributed by atoms with Crippen LogP contribution in [0.1, 0.15) is 28.6 Å². The van der Waals surface area contributed by atoms with Crippen LogP contribution in [0.3, 0.4) is 0 Å². The fraction of sp³-hybridized carbons (Fsp3) is 0.136. The predicted octanol–water partition coefficient (Wildman–Crippen LogP) is 4.47. The number of hydrogen-bond acceptors (Lipinski definition) is 5. The van der Waals surface area contributed by atoms with E-state index in [2.05, 4.69) is 10.5 Å². The second-order valence-corrected chi connectivity index (χ2v) is 6.53. The maximum Gasteiger partial charge on any atom is 0.338 e. The molecule has 0 saturated heterocycles. The van der Waals surface area contributed by atoms with Gasteiger partial charge in [0.05, 0.1) is 24.8 Å². The third-order valence-corrected chi connectivity index (χ3v) is 4.22. The molecule has 1 amide bonds. The van der Waals surface area contributed by atoms with Crippen molar-refractivity contribution in [3.05, 3.63) is 82.6 Å². The number of esters is 1. The maximum atomic E-state index is 11.9. The van der Waals surface area contributed by atoms with Crippen LogP contribution in [-0.2, 0) is 16.0 Å². The summed E-state index contributed by atoms with van der Waals surface area (Å²) in [6.07, 6.45) is 1.63. The Kier molecular flexibility index (Phi) is 6.81. The quantitative estimate of drug-likeness (QED) is 0.354. The molecule has 0 aliphatic rings. The summed E-state index contributed by atoms with van der Waals surface area (Å²) in [7, 11) is 0. The summed E-state index contributed by atoms with van der Waals surface area (Å²) in [5, 5.41) is 4.54. The van der Waals surface area contributed by atoms with Crippen LogP contribution in [0.4, 0.5) is 0 Å². The number of carbonyl (C=O) groups is 2. The van der Waals surface area contributed by atoms with Crippen LogP contribution in [-0.4, -0.2) is 24.7 Å². The molecular formula is C22H19ClN2O4. The van der Waals surface area contributed by atoms with Crippen molar-refractivity contribution in [1.29, 1.82) is 0 Å². The van der Waals surface area contributed by atoms with E-state index in [-0.39, 0.29) is 18.3 Å². The summed E-state index contributed by atoms with van der Waals surface area (Å²) in [5.74, 6) is 0.501. The molecule has 0 aliphatic heterocycles. The van der Waals surface area contributed by atoms with Crippen molar-refractivity contribution in [2.45, 2.75) is 13.3 Å². The van der Waals surface area contributed by atoms with Crippen molar-refractivity contribution in [2.75, 3.05) is 6.61 Å². The first-order chi connectivity index (χ1) is 14.0. The number of benzene rings is 2. The number of rotatable bonds is 7. The largest absolute Gasteiger partial charge is 0.462 e. The molecule has 148 valence electrons. The average molecular weight is 411 g/mol. The zero-order chi connectivity index (χ0) is 20.6. The zero-order valence-corrected chi connectivity index (χ0v) is 16.5. The van der Waals surface area contributed by atoms with Gasteiger partial charge in [-0.15, -0.1) is 0 Å². The molecule has 0 unspecified atom stereocenters. The van der Waals surface area contributed by atoms with Gasteiger partial charge in [-0.2, -0.15) is 5.10 Å². The van der Waals surface area contributed by atoms with Crippen molar-refractivity contribution in [3.8, 4) is 11.3 Å². The fourth-order valence-electron chi connectivity index (χ4n) is 2.56. The number of ether oxygens (including phenoxy) is 1. The lowest BCUT2D eigenvalue weighted by Crippen LogP contribution is -2.19. The van der Waals surface area contributed by atoms with E-state index in [1.165, 1.54) is 6.21 Å². The summed E-state index contributed by atoms with van der Waals surface area (Å²) in [6.45, 7) is 2.09. The monoisotopic (exact) mass is 410 g/mol. The number of hydrazone groups is 1. The van der Waals surface area contributed by atoms with Crippen molar-refractivity contribution in [3.63, 3.8) is 0 Å². The van der Waals surface area contributed by atoms with Gasteiger partial charge in [0.25, 0.3) is 0 Å². The van der Waals surface area contributed by atoms with Crippen LogP contribution in [0.25, 0.3) is 11.3 Å². The van der Waals surface area contributed by atoms with Crippen LogP contribution < -0.4 is 5.43 Å². The first-order valence-corrected chi connectivity index (χ1v) is 9.36. The molecule has 0 radical (unpaired) electrons. The van der Waals surface area contributed by atoms with Gasteiger partial charge in [-0.25, -0.2) is 10.2 Å². The zero-order valence-electron chi connectivity index (χ0n) is 15.7. The van der Waals surface area contributed by atoms with Gasteiger partial charge < -0.3 is 9.15 Å². The third-order valence-electron chi connectivity index (χ3n) is 3.97. The minimum atomic E-state index is -0.361. The molecular weight excluding hydrogens is 392 g/mol. The second kappa shape index (κ2) is 9.71. The Bertz CT molecular complexity index is 1010. The van der Waals surface area contributed by atoms with Crippen LogP contribution in [0, 0.1) is 0 Å². The summed E-state index contributed by atoms with van der Waals surface area (Å²) < 4.78 is 10.7. The lowest BCUT2D eigenvalue weighted by Gasteiger charge is -2.02. The molecule has 3 rings (SSSR count). The van der Waals surface area contributed by atoms with Crippen molar-refractivity contribution < 1.29 is 18.7 Å². The van der Waals surface area contributed by atoms with E-state index in [0.717, 1.165) is 11.1 Å². The summed E-state index contributed by atoms with van der Waals surface area (Å²) in [4.78, 5) is 23.6. The van der Waals surface area contributed by atoms with Crippen LogP contribution in [0.15, 0.2) is 70.2 Å². The van der Waals surface area contributed by atoms with Gasteiger partial charge in [-0.05, 0) is 48.9 Å². The van der Waals surface area contributed by atoms with E-state index in [0.29, 0.717) is 28.7 Å². The van der Waals surface area contributed by atoms with Gasteiger partial charge in [-0.3, -0.25) is 4.79 Å². The first-order valence-electron chi connectivity index (χ1n) is 8.99. The SMILES string of the molecule is CCOC(=O)c1ccc(-c2ccc(/C=N\NC(=O)Cc3ccc(Cl)cc3)o2)cc1. The number of nitrogens with one attached hydrogen (secondary N) is 1. The van der Waals surface area contributed by atoms with Crippen molar-refractivity contribution >= 4 is 29.7 Å². The summed E-state index contributed by atoms with van der Waals surface area (Å²) >= 11 is 5.83. The Morgan fingerprint density at radius 3 is 2.48 bits per heavy atom. The highest BCUT2D eigenvalue weighted by molar-refractivity contribution is 6.30. The van der Waals surface area contributed by atoms with Gasteiger partial charge >= 0.3 is 5.97 Å². The Balaban J connectivity index is 1.56. The molecule has 0 saturated carbocycles. The topological polar surface area (TPSA) is 80.9 Å². The van der Waals surface area contributed by atoms with Gasteiger partial charge in [0.15, 0.2) is 0 Å². The molecule has 1 N–H and O–H groups in total. The molecule has 6 nitrogen and oxygen atoms in total. The molecule has 1 aromatic heterocycles. The van der Waals surface area contributed by atoms with E-state index >= 15 is 0 Å². The molecule has 0 spiro atoms. The average Bonchev–Trinajstić information content (AvgIpc) is 3.19. The minimum Gasteiger partial charge on any atom is -0.462 e. The first kappa shape index (κ1) is 20.4. The normalized spacial score (nSPS) is 10.8. The number of nitrogens with zero attached hydrogens (tertiary/aromatic N) is 1. The molecule has 29 heavy (non-hydrogen) atoms. The second-order valence-electron chi connectivity index (χ2n) is 6.10. The van der Waals surface area contributed by atoms with Gasteiger partial charge in [0.2, 0.25) is 5.91 Å². The van der Waals surface area contributed by atoms with Gasteiger partial charge in [0.1, 0.15) is 11.5 Å². The van der Waals surface area contributed by atoms with Gasteiger partial charge in [0, 0.05) is 10.6 Å². The number of amides is 1. The summed E-state index contributed by atoms with van der Waals surface area (Å²) in [5.41, 5.74) is 4.59. The van der Waals surface area contributed by atoms with Crippen LogP contribution >= 0.6 is 11.6 Å². The Morgan fingerprint density at radius 2 is 1.79 bits per heavy atom. The van der Waals surface area contributed by atoms with Crippen molar-refractivity contribution in [2.24, 2.45) is 5.10 Å². The molecule has 0 aliphatic carbocycles. The number of halogens is 1. The smallest absolute Gasteiger partial charge is 0.338 e. The molecule has 2 aromatic carbocycles. The molecule has 7 heteroatoms. The summed E-state index contributed by atoms with van der Waals surface area (Å²) in [6, 6.07) is 17.5. The van der Waals surface area contributed by atoms with E-state index < -0.39 is 0 Å². The van der Waals surface area contributed by atoms with Crippen LogP contribution in [0.2, 0.25) is 5.02 Å². The highest BCUT2D eigenvalue weighted by Crippen LogP contribution is 2.22. The van der Waals surface area contributed by atoms with E-state index in [4.69, 9.17) is 20.8 Å². The highest BCUT2D eigenvalue weighted by atomic mass is 35.5. The minimum absolute atomic E-state index is 0.199. The molecule has 1 heterocycles. The van der Waals surface area contributed by atoms with E-state index in [1.54, 1.807) is 67.6 Å². The molecule has 0 bridgehead atoms. The molecule has 0 atom stereocenters. The third kappa shape index (κ3) is 5.80. The Morgan fingerprint density at radius 1 is 1.07 bits per heavy atom. The standard InChI is InChI=1S/C22H19ClN2O4/c1-2-28-22(27)17-7-5-16(6-8-17)20-12-11-19(29-20)14-24-25-21(26)13-15-3-9-18(23)10-4-15/h3-12,14H,2,13H2,1H3,(H,25,26)/b24-14-. The Labute approximate surface area is 173 Å². The maximum absolute atomic E-state index is 11.9. The lowest BCUT2D eigenvalue weighted by atomic mass is 10.1. The Hall–Kier alpha value is -3.38. The number of hydrogen-bond donors (Lipinski definition) is 1. The number of carbonyl (C=O) groups excluding carboxylic acids is 2. The predicted molar refractivity (Wildman–Crippen MR) is 111 cm³/mol. The molecule has 0 fully saturated rings. The van der Waals surface area contributed by atoms with Crippen LogP contribution in [0.5, 0.6) is 0 Å². The number of furan rings is 1. The lowest BCUT2D eigenvalue weighted by molar-refractivity contribution is -0.120. The molecule has 3 aromatic rings. The fourth-order valence-corrected chi connectivity index (χ4v) is 2.68.